The summed E-state index contributed by atoms with van der Waals surface area (Å²) in [4.78, 5) is 23.8. The van der Waals surface area contributed by atoms with Crippen molar-refractivity contribution in [2.75, 3.05) is 6.54 Å². The first-order valence-electron chi connectivity index (χ1n) is 6.57. The van der Waals surface area contributed by atoms with Crippen molar-refractivity contribution in [2.24, 2.45) is 10.8 Å². The maximum atomic E-state index is 12.1. The van der Waals surface area contributed by atoms with Gasteiger partial charge in [-0.15, -0.1) is 0 Å². The van der Waals surface area contributed by atoms with Gasteiger partial charge in [0.05, 0.1) is 6.54 Å². The fraction of sp³-hybridized carbons (Fsp3) is 0.857. The topological polar surface area (TPSA) is 46.2 Å². The second kappa shape index (κ2) is 5.19. The van der Waals surface area contributed by atoms with Gasteiger partial charge in [-0.1, -0.05) is 47.0 Å². The molecule has 1 amide bonds. The first kappa shape index (κ1) is 14.2. The molecule has 1 fully saturated rings. The van der Waals surface area contributed by atoms with Gasteiger partial charge in [0, 0.05) is 10.8 Å². The van der Waals surface area contributed by atoms with Crippen LogP contribution in [0.15, 0.2) is 0 Å². The summed E-state index contributed by atoms with van der Waals surface area (Å²) in [7, 11) is 0. The predicted octanol–water partition coefficient (Wildman–Crippen LogP) is 2.69. The van der Waals surface area contributed by atoms with E-state index in [1.54, 1.807) is 0 Å². The fourth-order valence-corrected chi connectivity index (χ4v) is 2.20. The summed E-state index contributed by atoms with van der Waals surface area (Å²) in [5.74, 6) is 0.139. The maximum absolute atomic E-state index is 12.1. The molecule has 17 heavy (non-hydrogen) atoms. The molecule has 0 aromatic rings. The van der Waals surface area contributed by atoms with Crippen molar-refractivity contribution < 1.29 is 9.59 Å². The summed E-state index contributed by atoms with van der Waals surface area (Å²) in [5.41, 5.74) is -0.628. The average molecular weight is 239 g/mol. The molecular weight excluding hydrogens is 214 g/mol. The zero-order valence-electron chi connectivity index (χ0n) is 11.6. The van der Waals surface area contributed by atoms with E-state index in [0.717, 1.165) is 25.7 Å². The van der Waals surface area contributed by atoms with Gasteiger partial charge in [0.15, 0.2) is 5.78 Å². The van der Waals surface area contributed by atoms with E-state index < -0.39 is 0 Å². The Labute approximate surface area is 104 Å². The maximum Gasteiger partial charge on any atom is 0.226 e. The smallest absolute Gasteiger partial charge is 0.226 e. The van der Waals surface area contributed by atoms with Gasteiger partial charge in [0.2, 0.25) is 5.91 Å². The molecule has 0 aromatic carbocycles. The number of nitrogens with one attached hydrogen (secondary N) is 1. The molecule has 98 valence electrons. The van der Waals surface area contributed by atoms with Crippen LogP contribution in [-0.2, 0) is 9.59 Å². The minimum atomic E-state index is -0.374. The third-order valence-corrected chi connectivity index (χ3v) is 3.75. The van der Waals surface area contributed by atoms with Crippen molar-refractivity contribution in [3.8, 4) is 0 Å². The first-order chi connectivity index (χ1) is 7.76. The second-order valence-corrected chi connectivity index (χ2v) is 6.48. The predicted molar refractivity (Wildman–Crippen MR) is 68.7 cm³/mol. The van der Waals surface area contributed by atoms with E-state index in [4.69, 9.17) is 0 Å². The van der Waals surface area contributed by atoms with Crippen LogP contribution in [0.25, 0.3) is 0 Å². The molecule has 1 aliphatic carbocycles. The molecule has 0 heterocycles. The zero-order valence-corrected chi connectivity index (χ0v) is 11.6. The highest BCUT2D eigenvalue weighted by atomic mass is 16.2. The Hall–Kier alpha value is -0.860. The lowest BCUT2D eigenvalue weighted by Gasteiger charge is -2.32. The fourth-order valence-electron chi connectivity index (χ4n) is 2.20. The van der Waals surface area contributed by atoms with Crippen LogP contribution in [0.5, 0.6) is 0 Å². The van der Waals surface area contributed by atoms with E-state index >= 15 is 0 Å². The van der Waals surface area contributed by atoms with Gasteiger partial charge in [0.1, 0.15) is 0 Å². The first-order valence-corrected chi connectivity index (χ1v) is 6.57. The Balaban J connectivity index is 2.47. The highest BCUT2D eigenvalue weighted by molar-refractivity contribution is 5.91. The average Bonchev–Trinajstić information content (AvgIpc) is 2.25. The van der Waals surface area contributed by atoms with Crippen molar-refractivity contribution in [3.63, 3.8) is 0 Å². The van der Waals surface area contributed by atoms with E-state index in [1.807, 2.05) is 27.7 Å². The van der Waals surface area contributed by atoms with E-state index in [-0.39, 0.29) is 29.1 Å². The standard InChI is InChI=1S/C14H25NO2/c1-13(2,3)11(16)10-15-12(17)14(4)8-6-5-7-9-14/h5-10H2,1-4H3,(H,15,17). The molecule has 0 bridgehead atoms. The Morgan fingerprint density at radius 3 is 2.12 bits per heavy atom. The third kappa shape index (κ3) is 3.83. The molecule has 3 heteroatoms. The van der Waals surface area contributed by atoms with Crippen molar-refractivity contribution in [1.82, 2.24) is 5.32 Å². The van der Waals surface area contributed by atoms with Crippen molar-refractivity contribution in [1.29, 1.82) is 0 Å². The molecule has 0 atom stereocenters. The molecule has 0 aliphatic heterocycles. The number of Topliss-reactive ketones (excluding diaryl/α,β-unsaturated/α-hetero) is 1. The largest absolute Gasteiger partial charge is 0.349 e. The second-order valence-electron chi connectivity index (χ2n) is 6.48. The normalized spacial score (nSPS) is 19.8. The molecular formula is C14H25NO2. The van der Waals surface area contributed by atoms with Gasteiger partial charge < -0.3 is 5.32 Å². The Bertz CT molecular complexity index is 296. The summed E-state index contributed by atoms with van der Waals surface area (Å²) in [6.45, 7) is 7.82. The number of rotatable bonds is 3. The lowest BCUT2D eigenvalue weighted by Crippen LogP contribution is -2.44. The molecule has 1 rings (SSSR count). The van der Waals surface area contributed by atoms with Crippen molar-refractivity contribution in [2.45, 2.75) is 59.8 Å². The molecule has 0 radical (unpaired) electrons. The van der Waals surface area contributed by atoms with Gasteiger partial charge in [0.25, 0.3) is 0 Å². The number of hydrogen-bond donors (Lipinski definition) is 1. The molecule has 0 spiro atoms. The van der Waals surface area contributed by atoms with Crippen LogP contribution in [0.2, 0.25) is 0 Å². The number of carbonyl (C=O) groups is 2. The van der Waals surface area contributed by atoms with Crippen LogP contribution in [-0.4, -0.2) is 18.2 Å². The molecule has 3 nitrogen and oxygen atoms in total. The molecule has 0 aromatic heterocycles. The molecule has 0 saturated heterocycles. The zero-order chi connectivity index (χ0) is 13.1. The molecule has 1 saturated carbocycles. The summed E-state index contributed by atoms with van der Waals surface area (Å²) in [6.07, 6.45) is 5.36. The van der Waals surface area contributed by atoms with Gasteiger partial charge in [-0.3, -0.25) is 9.59 Å². The lowest BCUT2D eigenvalue weighted by molar-refractivity contribution is -0.135. The minimum Gasteiger partial charge on any atom is -0.349 e. The van der Waals surface area contributed by atoms with E-state index in [9.17, 15) is 9.59 Å². The van der Waals surface area contributed by atoms with Crippen LogP contribution in [0, 0.1) is 10.8 Å². The SMILES string of the molecule is CC(C)(C)C(=O)CNC(=O)C1(C)CCCCC1. The number of carbonyl (C=O) groups excluding carboxylic acids is 2. The van der Waals surface area contributed by atoms with Crippen LogP contribution >= 0.6 is 0 Å². The van der Waals surface area contributed by atoms with E-state index in [2.05, 4.69) is 5.32 Å². The van der Waals surface area contributed by atoms with Crippen LogP contribution in [0.3, 0.4) is 0 Å². The Morgan fingerprint density at radius 1 is 1.12 bits per heavy atom. The lowest BCUT2D eigenvalue weighted by atomic mass is 9.75. The highest BCUT2D eigenvalue weighted by Crippen LogP contribution is 2.35. The summed E-state index contributed by atoms with van der Waals surface area (Å²) >= 11 is 0. The van der Waals surface area contributed by atoms with Crippen LogP contribution in [0.4, 0.5) is 0 Å². The Morgan fingerprint density at radius 2 is 1.65 bits per heavy atom. The highest BCUT2D eigenvalue weighted by Gasteiger charge is 2.35. The summed E-state index contributed by atoms with van der Waals surface area (Å²) in [6, 6.07) is 0. The van der Waals surface area contributed by atoms with Crippen molar-refractivity contribution >= 4 is 11.7 Å². The summed E-state index contributed by atoms with van der Waals surface area (Å²) in [5, 5.41) is 2.81. The molecule has 1 aliphatic rings. The number of hydrogen-bond acceptors (Lipinski definition) is 2. The minimum absolute atomic E-state index is 0.0507. The monoisotopic (exact) mass is 239 g/mol. The van der Waals surface area contributed by atoms with E-state index in [1.165, 1.54) is 6.42 Å². The third-order valence-electron chi connectivity index (χ3n) is 3.75. The van der Waals surface area contributed by atoms with Crippen LogP contribution < -0.4 is 5.32 Å². The summed E-state index contributed by atoms with van der Waals surface area (Å²) < 4.78 is 0. The van der Waals surface area contributed by atoms with Gasteiger partial charge in [-0.25, -0.2) is 0 Å². The molecule has 1 N–H and O–H groups in total. The quantitative estimate of drug-likeness (QED) is 0.823. The number of ketones is 1. The van der Waals surface area contributed by atoms with Gasteiger partial charge >= 0.3 is 0 Å². The van der Waals surface area contributed by atoms with Gasteiger partial charge in [-0.05, 0) is 12.8 Å². The number of amides is 1. The van der Waals surface area contributed by atoms with Crippen molar-refractivity contribution in [3.05, 3.63) is 0 Å². The van der Waals surface area contributed by atoms with Crippen LogP contribution in [0.1, 0.15) is 59.8 Å². The Kier molecular flexibility index (Phi) is 4.34. The van der Waals surface area contributed by atoms with E-state index in [0.29, 0.717) is 0 Å². The molecule has 0 unspecified atom stereocenters. The van der Waals surface area contributed by atoms with Gasteiger partial charge in [-0.2, -0.15) is 0 Å².